The van der Waals surface area contributed by atoms with Crippen LogP contribution in [0.5, 0.6) is 5.75 Å². The first-order valence-corrected chi connectivity index (χ1v) is 10.9. The first kappa shape index (κ1) is 23.3. The number of benzene rings is 1. The fourth-order valence-electron chi connectivity index (χ4n) is 2.91. The minimum atomic E-state index is -0.559. The molecule has 32 heavy (non-hydrogen) atoms. The van der Waals surface area contributed by atoms with Crippen LogP contribution in [0.25, 0.3) is 12.2 Å². The van der Waals surface area contributed by atoms with Gasteiger partial charge in [-0.25, -0.2) is 4.79 Å². The number of anilines is 1. The molecule has 0 saturated carbocycles. The average molecular weight is 456 g/mol. The Balaban J connectivity index is 1.81. The maximum absolute atomic E-state index is 13.0. The highest BCUT2D eigenvalue weighted by atomic mass is 32.1. The predicted octanol–water partition coefficient (Wildman–Crippen LogP) is 4.43. The zero-order valence-electron chi connectivity index (χ0n) is 18.4. The number of fused-ring (bicyclic) bond motifs is 1. The molecule has 0 unspecified atom stereocenters. The molecule has 1 aliphatic heterocycles. The molecule has 0 N–H and O–H groups in total. The number of hydrogen-bond donors (Lipinski definition) is 0. The molecule has 0 atom stereocenters. The zero-order chi connectivity index (χ0) is 23.3. The number of nitrogens with zero attached hydrogens (tertiary/aromatic N) is 1. The number of amides is 1. The van der Waals surface area contributed by atoms with Gasteiger partial charge in [-0.3, -0.25) is 14.5 Å². The maximum atomic E-state index is 13.0. The third kappa shape index (κ3) is 6.07. The van der Waals surface area contributed by atoms with E-state index in [-0.39, 0.29) is 18.9 Å². The fourth-order valence-corrected chi connectivity index (χ4v) is 3.75. The molecule has 0 bridgehead atoms. The van der Waals surface area contributed by atoms with Crippen LogP contribution in [0.1, 0.15) is 37.4 Å². The second kappa shape index (κ2) is 9.82. The van der Waals surface area contributed by atoms with Gasteiger partial charge in [-0.1, -0.05) is 12.1 Å². The van der Waals surface area contributed by atoms with Gasteiger partial charge in [0.2, 0.25) is 0 Å². The summed E-state index contributed by atoms with van der Waals surface area (Å²) in [7, 11) is 0. The molecule has 8 heteroatoms. The van der Waals surface area contributed by atoms with E-state index < -0.39 is 23.4 Å². The van der Waals surface area contributed by atoms with Crippen LogP contribution in [-0.2, 0) is 23.9 Å². The fraction of sp³-hybridized carbons (Fsp3) is 0.292. The van der Waals surface area contributed by atoms with Crippen molar-refractivity contribution in [2.24, 2.45) is 0 Å². The Bertz CT molecular complexity index is 1080. The van der Waals surface area contributed by atoms with E-state index in [1.807, 2.05) is 12.1 Å². The van der Waals surface area contributed by atoms with Crippen molar-refractivity contribution in [3.63, 3.8) is 0 Å². The molecule has 7 nitrogen and oxygen atoms in total. The van der Waals surface area contributed by atoms with Gasteiger partial charge in [0.15, 0.2) is 11.5 Å². The molecule has 0 spiro atoms. The number of rotatable bonds is 6. The summed E-state index contributed by atoms with van der Waals surface area (Å²) in [6.07, 6.45) is 4.64. The lowest BCUT2D eigenvalue weighted by Crippen LogP contribution is -2.41. The number of esters is 2. The summed E-state index contributed by atoms with van der Waals surface area (Å²) in [6, 6.07) is 10.7. The van der Waals surface area contributed by atoms with Crippen LogP contribution in [0, 0.1) is 0 Å². The van der Waals surface area contributed by atoms with Gasteiger partial charge in [-0.2, -0.15) is 0 Å². The van der Waals surface area contributed by atoms with E-state index in [4.69, 9.17) is 14.2 Å². The largest absolute Gasteiger partial charge is 0.465 e. The summed E-state index contributed by atoms with van der Waals surface area (Å²) in [5.41, 5.74) is -0.0495. The second-order valence-electron chi connectivity index (χ2n) is 7.88. The first-order chi connectivity index (χ1) is 15.2. The molecule has 1 aromatic heterocycles. The number of thiophene rings is 1. The summed E-state index contributed by atoms with van der Waals surface area (Å²) in [5.74, 6) is -0.789. The predicted molar refractivity (Wildman–Crippen MR) is 123 cm³/mol. The molecule has 168 valence electrons. The van der Waals surface area contributed by atoms with E-state index in [1.54, 1.807) is 64.1 Å². The van der Waals surface area contributed by atoms with Gasteiger partial charge in [0, 0.05) is 21.9 Å². The SMILES string of the molecule is CCOC(=O)CN1C(=O)/C(=C/c2ccc(/C=C/C(=O)OC(C)(C)C)s2)Oc2ccccc21. The summed E-state index contributed by atoms with van der Waals surface area (Å²) < 4.78 is 16.1. The Morgan fingerprint density at radius 1 is 1.12 bits per heavy atom. The molecule has 0 radical (unpaired) electrons. The molecular formula is C24H25NO6S. The van der Waals surface area contributed by atoms with Crippen LogP contribution < -0.4 is 9.64 Å². The first-order valence-electron chi connectivity index (χ1n) is 10.1. The third-order valence-corrected chi connectivity index (χ3v) is 5.13. The van der Waals surface area contributed by atoms with Gasteiger partial charge in [-0.05, 0) is 58.0 Å². The Morgan fingerprint density at radius 3 is 2.56 bits per heavy atom. The van der Waals surface area contributed by atoms with Crippen molar-refractivity contribution in [3.8, 4) is 5.75 Å². The Morgan fingerprint density at radius 2 is 1.84 bits per heavy atom. The van der Waals surface area contributed by atoms with E-state index in [9.17, 15) is 14.4 Å². The van der Waals surface area contributed by atoms with Gasteiger partial charge in [-0.15, -0.1) is 11.3 Å². The quantitative estimate of drug-likeness (QED) is 0.473. The number of hydrogen-bond acceptors (Lipinski definition) is 7. The molecule has 1 aliphatic rings. The van der Waals surface area contributed by atoms with Crippen molar-refractivity contribution in [3.05, 3.63) is 58.0 Å². The summed E-state index contributed by atoms with van der Waals surface area (Å²) >= 11 is 1.38. The molecular weight excluding hydrogens is 430 g/mol. The second-order valence-corrected chi connectivity index (χ2v) is 9.03. The normalized spacial score (nSPS) is 14.9. The van der Waals surface area contributed by atoms with Crippen molar-refractivity contribution >= 4 is 47.0 Å². The van der Waals surface area contributed by atoms with E-state index in [0.29, 0.717) is 11.4 Å². The minimum Gasteiger partial charge on any atom is -0.465 e. The lowest BCUT2D eigenvalue weighted by molar-refractivity contribution is -0.148. The van der Waals surface area contributed by atoms with Crippen molar-refractivity contribution in [2.75, 3.05) is 18.1 Å². The van der Waals surface area contributed by atoms with Gasteiger partial charge in [0.25, 0.3) is 5.91 Å². The Kier molecular flexibility index (Phi) is 7.15. The molecule has 2 heterocycles. The third-order valence-electron chi connectivity index (χ3n) is 4.14. The monoisotopic (exact) mass is 455 g/mol. The summed E-state index contributed by atoms with van der Waals surface area (Å²) in [4.78, 5) is 39.9. The highest BCUT2D eigenvalue weighted by Crippen LogP contribution is 2.36. The van der Waals surface area contributed by atoms with Crippen molar-refractivity contribution in [2.45, 2.75) is 33.3 Å². The Labute approximate surface area is 190 Å². The number of carbonyl (C=O) groups excluding carboxylic acids is 3. The molecule has 1 amide bonds. The van der Waals surface area contributed by atoms with Gasteiger partial charge in [0.05, 0.1) is 12.3 Å². The average Bonchev–Trinajstić information content (AvgIpc) is 3.16. The maximum Gasteiger partial charge on any atom is 0.331 e. The highest BCUT2D eigenvalue weighted by Gasteiger charge is 2.32. The molecule has 0 saturated heterocycles. The van der Waals surface area contributed by atoms with Crippen LogP contribution in [-0.4, -0.2) is 36.6 Å². The molecule has 0 aliphatic carbocycles. The van der Waals surface area contributed by atoms with E-state index in [0.717, 1.165) is 9.75 Å². The van der Waals surface area contributed by atoms with Gasteiger partial charge >= 0.3 is 11.9 Å². The van der Waals surface area contributed by atoms with Crippen LogP contribution in [0.3, 0.4) is 0 Å². The highest BCUT2D eigenvalue weighted by molar-refractivity contribution is 7.13. The minimum absolute atomic E-state index is 0.0949. The molecule has 0 fully saturated rings. The van der Waals surface area contributed by atoms with Crippen LogP contribution in [0.15, 0.2) is 48.2 Å². The van der Waals surface area contributed by atoms with Crippen LogP contribution >= 0.6 is 11.3 Å². The Hall–Kier alpha value is -3.39. The van der Waals surface area contributed by atoms with E-state index in [2.05, 4.69) is 0 Å². The van der Waals surface area contributed by atoms with Crippen molar-refractivity contribution in [1.29, 1.82) is 0 Å². The molecule has 3 rings (SSSR count). The number of carbonyl (C=O) groups is 3. The van der Waals surface area contributed by atoms with Crippen molar-refractivity contribution < 1.29 is 28.6 Å². The van der Waals surface area contributed by atoms with Crippen LogP contribution in [0.2, 0.25) is 0 Å². The lowest BCUT2D eigenvalue weighted by Gasteiger charge is -2.29. The zero-order valence-corrected chi connectivity index (χ0v) is 19.2. The summed E-state index contributed by atoms with van der Waals surface area (Å²) in [5, 5.41) is 0. The topological polar surface area (TPSA) is 82.1 Å². The van der Waals surface area contributed by atoms with E-state index >= 15 is 0 Å². The van der Waals surface area contributed by atoms with Gasteiger partial charge in [0.1, 0.15) is 12.1 Å². The number of para-hydroxylation sites is 2. The molecule has 1 aromatic carbocycles. The van der Waals surface area contributed by atoms with Crippen LogP contribution in [0.4, 0.5) is 5.69 Å². The smallest absolute Gasteiger partial charge is 0.331 e. The standard InChI is InChI=1S/C24H25NO6S/c1-5-29-22(27)15-25-18-8-6-7-9-19(18)30-20(23(25)28)14-17-11-10-16(32-17)12-13-21(26)31-24(2,3)4/h6-14H,5,15H2,1-4H3/b13-12+,20-14-. The van der Waals surface area contributed by atoms with Gasteiger partial charge < -0.3 is 14.2 Å². The number of ether oxygens (including phenoxy) is 3. The summed E-state index contributed by atoms with van der Waals surface area (Å²) in [6.45, 7) is 7.15. The lowest BCUT2D eigenvalue weighted by atomic mass is 10.2. The van der Waals surface area contributed by atoms with Crippen molar-refractivity contribution in [1.82, 2.24) is 0 Å². The molecule has 2 aromatic rings. The van der Waals surface area contributed by atoms with E-state index in [1.165, 1.54) is 22.3 Å².